The summed E-state index contributed by atoms with van der Waals surface area (Å²) in [5.41, 5.74) is 2.48. The van der Waals surface area contributed by atoms with E-state index in [1.54, 1.807) is 18.2 Å². The molecule has 0 amide bonds. The smallest absolute Gasteiger partial charge is 0.132 e. The average molecular weight is 204 g/mol. The van der Waals surface area contributed by atoms with Gasteiger partial charge in [0.2, 0.25) is 0 Å². The number of hydrogen-bond acceptors (Lipinski definition) is 3. The van der Waals surface area contributed by atoms with Gasteiger partial charge in [0.15, 0.2) is 0 Å². The first-order chi connectivity index (χ1) is 7.20. The van der Waals surface area contributed by atoms with Gasteiger partial charge in [-0.15, -0.1) is 0 Å². The Balaban J connectivity index is 2.48. The van der Waals surface area contributed by atoms with Crippen LogP contribution in [0.15, 0.2) is 24.3 Å². The van der Waals surface area contributed by atoms with Crippen LogP contribution in [-0.4, -0.2) is 20.2 Å². The van der Waals surface area contributed by atoms with Crippen molar-refractivity contribution >= 4 is 0 Å². The lowest BCUT2D eigenvalue weighted by atomic mass is 10.1. The van der Waals surface area contributed by atoms with E-state index in [1.165, 1.54) is 0 Å². The zero-order chi connectivity index (χ0) is 10.8. The zero-order valence-corrected chi connectivity index (χ0v) is 8.36. The molecule has 3 N–H and O–H groups in total. The van der Waals surface area contributed by atoms with Gasteiger partial charge in [-0.3, -0.25) is 0 Å². The van der Waals surface area contributed by atoms with E-state index in [0.29, 0.717) is 5.82 Å². The Kier molecular flexibility index (Phi) is 2.43. The molecule has 0 saturated heterocycles. The molecule has 2 aromatic rings. The number of benzene rings is 1. The molecule has 0 radical (unpaired) electrons. The van der Waals surface area contributed by atoms with Gasteiger partial charge in [-0.1, -0.05) is 12.1 Å². The molecule has 1 aromatic carbocycles. The molecule has 4 nitrogen and oxygen atoms in total. The highest BCUT2D eigenvalue weighted by atomic mass is 16.3. The van der Waals surface area contributed by atoms with Gasteiger partial charge in [0, 0.05) is 11.3 Å². The molecule has 0 aliphatic carbocycles. The first-order valence-corrected chi connectivity index (χ1v) is 4.66. The Morgan fingerprint density at radius 3 is 2.80 bits per heavy atom. The van der Waals surface area contributed by atoms with Crippen molar-refractivity contribution in [1.82, 2.24) is 9.97 Å². The quantitative estimate of drug-likeness (QED) is 0.695. The minimum atomic E-state index is -0.111. The molecule has 0 aliphatic heterocycles. The van der Waals surface area contributed by atoms with Crippen molar-refractivity contribution in [3.63, 3.8) is 0 Å². The molecule has 2 rings (SSSR count). The Bertz CT molecular complexity index is 477. The number of aromatic hydroxyl groups is 1. The van der Waals surface area contributed by atoms with Crippen molar-refractivity contribution in [3.05, 3.63) is 35.8 Å². The third-order valence-corrected chi connectivity index (χ3v) is 2.20. The highest BCUT2D eigenvalue weighted by molar-refractivity contribution is 5.63. The minimum Gasteiger partial charge on any atom is -0.508 e. The fourth-order valence-corrected chi connectivity index (χ4v) is 1.53. The summed E-state index contributed by atoms with van der Waals surface area (Å²) < 4.78 is 0. The van der Waals surface area contributed by atoms with Crippen LogP contribution in [0.25, 0.3) is 11.3 Å². The van der Waals surface area contributed by atoms with Crippen molar-refractivity contribution in [2.45, 2.75) is 13.5 Å². The number of nitrogens with zero attached hydrogens (tertiary/aromatic N) is 1. The number of rotatable bonds is 2. The van der Waals surface area contributed by atoms with Crippen molar-refractivity contribution in [2.75, 3.05) is 0 Å². The van der Waals surface area contributed by atoms with E-state index in [1.807, 2.05) is 13.0 Å². The van der Waals surface area contributed by atoms with Gasteiger partial charge in [-0.05, 0) is 19.1 Å². The van der Waals surface area contributed by atoms with Gasteiger partial charge in [0.05, 0.1) is 5.69 Å². The third-order valence-electron chi connectivity index (χ3n) is 2.20. The second kappa shape index (κ2) is 3.74. The highest BCUT2D eigenvalue weighted by Gasteiger charge is 2.08. The molecule has 0 atom stereocenters. The number of aryl methyl sites for hydroxylation is 1. The van der Waals surface area contributed by atoms with E-state index in [-0.39, 0.29) is 12.4 Å². The normalized spacial score (nSPS) is 10.5. The van der Waals surface area contributed by atoms with Gasteiger partial charge in [-0.25, -0.2) is 4.98 Å². The van der Waals surface area contributed by atoms with Crippen molar-refractivity contribution in [2.24, 2.45) is 0 Å². The van der Waals surface area contributed by atoms with E-state index < -0.39 is 0 Å². The number of aliphatic hydroxyl groups excluding tert-OH is 1. The summed E-state index contributed by atoms with van der Waals surface area (Å²) in [4.78, 5) is 7.19. The van der Waals surface area contributed by atoms with Crippen LogP contribution in [0.1, 0.15) is 11.5 Å². The van der Waals surface area contributed by atoms with Gasteiger partial charge >= 0.3 is 0 Å². The highest BCUT2D eigenvalue weighted by Crippen LogP contribution is 2.24. The lowest BCUT2D eigenvalue weighted by molar-refractivity contribution is 0.272. The van der Waals surface area contributed by atoms with Crippen molar-refractivity contribution < 1.29 is 10.2 Å². The first-order valence-electron chi connectivity index (χ1n) is 4.66. The molecule has 1 aromatic heterocycles. The van der Waals surface area contributed by atoms with Crippen molar-refractivity contribution in [1.29, 1.82) is 0 Å². The van der Waals surface area contributed by atoms with E-state index in [4.69, 9.17) is 5.11 Å². The van der Waals surface area contributed by atoms with Crippen LogP contribution in [0.4, 0.5) is 0 Å². The van der Waals surface area contributed by atoms with Gasteiger partial charge in [0.25, 0.3) is 0 Å². The molecular weight excluding hydrogens is 192 g/mol. The number of aliphatic hydroxyl groups is 1. The SMILES string of the molecule is Cc1[nH]c(CO)nc1-c1cccc(O)c1. The van der Waals surface area contributed by atoms with Gasteiger partial charge in [-0.2, -0.15) is 0 Å². The second-order valence-electron chi connectivity index (χ2n) is 3.37. The molecule has 4 heteroatoms. The molecule has 15 heavy (non-hydrogen) atoms. The maximum atomic E-state index is 9.34. The second-order valence-corrected chi connectivity index (χ2v) is 3.37. The van der Waals surface area contributed by atoms with Crippen LogP contribution >= 0.6 is 0 Å². The first kappa shape index (κ1) is 9.73. The van der Waals surface area contributed by atoms with E-state index >= 15 is 0 Å². The third kappa shape index (κ3) is 1.85. The summed E-state index contributed by atoms with van der Waals surface area (Å²) in [5, 5.41) is 18.3. The number of phenolic OH excluding ortho intramolecular Hbond substituents is 1. The summed E-state index contributed by atoms with van der Waals surface area (Å²) in [6.07, 6.45) is 0. The Labute approximate surface area is 87.2 Å². The number of hydrogen-bond donors (Lipinski definition) is 3. The monoisotopic (exact) mass is 204 g/mol. The summed E-state index contributed by atoms with van der Waals surface area (Å²) in [6, 6.07) is 6.88. The van der Waals surface area contributed by atoms with Gasteiger partial charge < -0.3 is 15.2 Å². The summed E-state index contributed by atoms with van der Waals surface area (Å²) in [5.74, 6) is 0.742. The molecule has 0 aliphatic rings. The molecule has 78 valence electrons. The topological polar surface area (TPSA) is 69.1 Å². The van der Waals surface area contributed by atoms with Crippen LogP contribution in [0.3, 0.4) is 0 Å². The van der Waals surface area contributed by atoms with Crippen LogP contribution in [0.2, 0.25) is 0 Å². The average Bonchev–Trinajstić information content (AvgIpc) is 2.60. The fourth-order valence-electron chi connectivity index (χ4n) is 1.53. The zero-order valence-electron chi connectivity index (χ0n) is 8.36. The number of aromatic nitrogens is 2. The van der Waals surface area contributed by atoms with Crippen LogP contribution in [0.5, 0.6) is 5.75 Å². The number of imidazole rings is 1. The molecule has 0 spiro atoms. The standard InChI is InChI=1S/C11H12N2O2/c1-7-11(13-10(6-14)12-7)8-3-2-4-9(15)5-8/h2-5,14-15H,6H2,1H3,(H,12,13). The lowest BCUT2D eigenvalue weighted by Crippen LogP contribution is -1.84. The molecule has 1 heterocycles. The fraction of sp³-hybridized carbons (Fsp3) is 0.182. The lowest BCUT2D eigenvalue weighted by Gasteiger charge is -1.98. The number of phenols is 1. The summed E-state index contributed by atoms with van der Waals surface area (Å²) >= 11 is 0. The number of H-pyrrole nitrogens is 1. The number of nitrogens with one attached hydrogen (secondary N) is 1. The molecule has 0 saturated carbocycles. The largest absolute Gasteiger partial charge is 0.508 e. The van der Waals surface area contributed by atoms with E-state index in [2.05, 4.69) is 9.97 Å². The molecule has 0 bridgehead atoms. The Hall–Kier alpha value is -1.81. The summed E-state index contributed by atoms with van der Waals surface area (Å²) in [7, 11) is 0. The molecule has 0 fully saturated rings. The predicted molar refractivity (Wildman–Crippen MR) is 56.3 cm³/mol. The van der Waals surface area contributed by atoms with Crippen molar-refractivity contribution in [3.8, 4) is 17.0 Å². The van der Waals surface area contributed by atoms with E-state index in [0.717, 1.165) is 17.0 Å². The molecule has 0 unspecified atom stereocenters. The Morgan fingerprint density at radius 1 is 1.40 bits per heavy atom. The van der Waals surface area contributed by atoms with Crippen LogP contribution in [0, 0.1) is 6.92 Å². The maximum Gasteiger partial charge on any atom is 0.132 e. The van der Waals surface area contributed by atoms with Crippen LogP contribution in [-0.2, 0) is 6.61 Å². The maximum absolute atomic E-state index is 9.34. The minimum absolute atomic E-state index is 0.111. The van der Waals surface area contributed by atoms with Gasteiger partial charge in [0.1, 0.15) is 18.2 Å². The number of aromatic amines is 1. The molecular formula is C11H12N2O2. The van der Waals surface area contributed by atoms with Crippen LogP contribution < -0.4 is 0 Å². The van der Waals surface area contributed by atoms with E-state index in [9.17, 15) is 5.11 Å². The summed E-state index contributed by atoms with van der Waals surface area (Å²) in [6.45, 7) is 1.77. The predicted octanol–water partition coefficient (Wildman–Crippen LogP) is 1.58. The Morgan fingerprint density at radius 2 is 2.20 bits per heavy atom.